The van der Waals surface area contributed by atoms with E-state index < -0.39 is 0 Å². The molecule has 0 aliphatic heterocycles. The highest BCUT2D eigenvalue weighted by molar-refractivity contribution is 6.36. The lowest BCUT2D eigenvalue weighted by Crippen LogP contribution is -2.16. The molecule has 0 heterocycles. The van der Waals surface area contributed by atoms with Crippen LogP contribution < -0.4 is 15.4 Å². The molecule has 2 aromatic carbocycles. The lowest BCUT2D eigenvalue weighted by atomic mass is 10.2. The topological polar surface area (TPSA) is 50.4 Å². The minimum absolute atomic E-state index is 0.164. The van der Waals surface area contributed by atoms with Crippen molar-refractivity contribution in [1.82, 2.24) is 0 Å². The number of ether oxygens (including phenoxy) is 1. The van der Waals surface area contributed by atoms with Gasteiger partial charge in [0.1, 0.15) is 5.75 Å². The molecule has 0 saturated carbocycles. The van der Waals surface area contributed by atoms with Gasteiger partial charge in [0.15, 0.2) is 0 Å². The van der Waals surface area contributed by atoms with Crippen LogP contribution in [0.3, 0.4) is 0 Å². The molecule has 0 aliphatic carbocycles. The molecule has 0 atom stereocenters. The molecular formula is C16H15Cl3N2O2. The van der Waals surface area contributed by atoms with Crippen molar-refractivity contribution in [2.45, 2.75) is 6.42 Å². The van der Waals surface area contributed by atoms with Crippen molar-refractivity contribution in [3.8, 4) is 5.75 Å². The maximum atomic E-state index is 12.0. The molecule has 2 N–H and O–H groups in total. The first-order chi connectivity index (χ1) is 11.0. The lowest BCUT2D eigenvalue weighted by molar-refractivity contribution is -0.115. The van der Waals surface area contributed by atoms with Crippen molar-refractivity contribution in [1.29, 1.82) is 0 Å². The molecule has 2 aromatic rings. The summed E-state index contributed by atoms with van der Waals surface area (Å²) in [5.41, 5.74) is 1.26. The summed E-state index contributed by atoms with van der Waals surface area (Å²) in [5, 5.41) is 7.36. The van der Waals surface area contributed by atoms with Crippen LogP contribution in [0.1, 0.15) is 6.42 Å². The molecule has 0 spiro atoms. The summed E-state index contributed by atoms with van der Waals surface area (Å²) in [4.78, 5) is 12.0. The highest BCUT2D eigenvalue weighted by atomic mass is 35.5. The maximum Gasteiger partial charge on any atom is 0.226 e. The second-order valence-electron chi connectivity index (χ2n) is 4.69. The van der Waals surface area contributed by atoms with E-state index in [1.165, 1.54) is 0 Å². The van der Waals surface area contributed by atoms with E-state index >= 15 is 0 Å². The molecule has 2 rings (SSSR count). The Labute approximate surface area is 149 Å². The number of amides is 1. The predicted molar refractivity (Wildman–Crippen MR) is 96.2 cm³/mol. The number of carbonyl (C=O) groups is 1. The Morgan fingerprint density at radius 1 is 1.04 bits per heavy atom. The van der Waals surface area contributed by atoms with Crippen LogP contribution in [0.25, 0.3) is 0 Å². The van der Waals surface area contributed by atoms with Crippen molar-refractivity contribution in [3.05, 3.63) is 51.5 Å². The SMILES string of the molecule is COc1ccc(Cl)cc1NCCC(=O)Nc1ccc(Cl)cc1Cl. The number of nitrogens with one attached hydrogen (secondary N) is 2. The quantitative estimate of drug-likeness (QED) is 0.741. The molecule has 0 bridgehead atoms. The Hall–Kier alpha value is -1.62. The summed E-state index contributed by atoms with van der Waals surface area (Å²) < 4.78 is 5.23. The van der Waals surface area contributed by atoms with E-state index in [4.69, 9.17) is 39.5 Å². The number of carbonyl (C=O) groups excluding carboxylic acids is 1. The van der Waals surface area contributed by atoms with Gasteiger partial charge >= 0.3 is 0 Å². The van der Waals surface area contributed by atoms with Crippen LogP contribution in [0, 0.1) is 0 Å². The van der Waals surface area contributed by atoms with Gasteiger partial charge < -0.3 is 15.4 Å². The normalized spacial score (nSPS) is 10.3. The monoisotopic (exact) mass is 372 g/mol. The first-order valence-corrected chi connectivity index (χ1v) is 7.95. The molecule has 0 aromatic heterocycles. The van der Waals surface area contributed by atoms with Gasteiger partial charge in [-0.05, 0) is 36.4 Å². The Morgan fingerprint density at radius 2 is 1.74 bits per heavy atom. The van der Waals surface area contributed by atoms with Gasteiger partial charge in [-0.15, -0.1) is 0 Å². The van der Waals surface area contributed by atoms with Crippen molar-refractivity contribution in [3.63, 3.8) is 0 Å². The third-order valence-corrected chi connectivity index (χ3v) is 3.82. The van der Waals surface area contributed by atoms with Gasteiger partial charge in [0, 0.05) is 23.0 Å². The number of hydrogen-bond donors (Lipinski definition) is 2. The smallest absolute Gasteiger partial charge is 0.226 e. The highest BCUT2D eigenvalue weighted by Crippen LogP contribution is 2.28. The van der Waals surface area contributed by atoms with Crippen molar-refractivity contribution < 1.29 is 9.53 Å². The van der Waals surface area contributed by atoms with Gasteiger partial charge in [0.25, 0.3) is 0 Å². The molecule has 7 heteroatoms. The minimum atomic E-state index is -0.164. The first-order valence-electron chi connectivity index (χ1n) is 6.82. The van der Waals surface area contributed by atoms with E-state index in [0.717, 1.165) is 5.69 Å². The molecule has 0 aliphatic rings. The second-order valence-corrected chi connectivity index (χ2v) is 5.97. The summed E-state index contributed by atoms with van der Waals surface area (Å²) >= 11 is 17.8. The fourth-order valence-electron chi connectivity index (χ4n) is 1.93. The zero-order chi connectivity index (χ0) is 16.8. The summed E-state index contributed by atoms with van der Waals surface area (Å²) in [6, 6.07) is 10.1. The van der Waals surface area contributed by atoms with Crippen LogP contribution in [0.4, 0.5) is 11.4 Å². The first kappa shape index (κ1) is 17.7. The minimum Gasteiger partial charge on any atom is -0.495 e. The molecule has 4 nitrogen and oxygen atoms in total. The molecule has 122 valence electrons. The molecule has 0 fully saturated rings. The van der Waals surface area contributed by atoms with Crippen LogP contribution in [-0.4, -0.2) is 19.6 Å². The van der Waals surface area contributed by atoms with Gasteiger partial charge in [0.2, 0.25) is 5.91 Å². The summed E-state index contributed by atoms with van der Waals surface area (Å²) in [6.07, 6.45) is 0.259. The number of benzene rings is 2. The lowest BCUT2D eigenvalue weighted by Gasteiger charge is -2.12. The Morgan fingerprint density at radius 3 is 2.43 bits per heavy atom. The van der Waals surface area contributed by atoms with E-state index in [-0.39, 0.29) is 12.3 Å². The predicted octanol–water partition coefficient (Wildman–Crippen LogP) is 5.10. The van der Waals surface area contributed by atoms with Crippen LogP contribution in [0.2, 0.25) is 15.1 Å². The van der Waals surface area contributed by atoms with Gasteiger partial charge in [-0.25, -0.2) is 0 Å². The standard InChI is InChI=1S/C16H15Cl3N2O2/c1-23-15-5-3-11(18)9-14(15)20-7-6-16(22)21-13-4-2-10(17)8-12(13)19/h2-5,8-9,20H,6-7H2,1H3,(H,21,22). The Bertz CT molecular complexity index is 708. The van der Waals surface area contributed by atoms with Gasteiger partial charge in [0.05, 0.1) is 23.5 Å². The Kier molecular flexibility index (Phi) is 6.39. The summed E-state index contributed by atoms with van der Waals surface area (Å²) in [6.45, 7) is 0.424. The number of rotatable bonds is 6. The largest absolute Gasteiger partial charge is 0.495 e. The Balaban J connectivity index is 1.89. The van der Waals surface area contributed by atoms with Crippen LogP contribution in [0.15, 0.2) is 36.4 Å². The van der Waals surface area contributed by atoms with Gasteiger partial charge in [-0.1, -0.05) is 34.8 Å². The van der Waals surface area contributed by atoms with E-state index in [0.29, 0.717) is 33.0 Å². The van der Waals surface area contributed by atoms with Crippen molar-refractivity contribution in [2.24, 2.45) is 0 Å². The van der Waals surface area contributed by atoms with Crippen LogP contribution >= 0.6 is 34.8 Å². The summed E-state index contributed by atoms with van der Waals surface area (Å²) in [5.74, 6) is 0.498. The fourth-order valence-corrected chi connectivity index (χ4v) is 2.56. The molecule has 0 radical (unpaired) electrons. The van der Waals surface area contributed by atoms with E-state index in [9.17, 15) is 4.79 Å². The van der Waals surface area contributed by atoms with Gasteiger partial charge in [-0.3, -0.25) is 4.79 Å². The molecule has 0 unspecified atom stereocenters. The van der Waals surface area contributed by atoms with Gasteiger partial charge in [-0.2, -0.15) is 0 Å². The fraction of sp³-hybridized carbons (Fsp3) is 0.188. The van der Waals surface area contributed by atoms with E-state index in [2.05, 4.69) is 10.6 Å². The number of anilines is 2. The highest BCUT2D eigenvalue weighted by Gasteiger charge is 2.08. The van der Waals surface area contributed by atoms with E-state index in [1.807, 2.05) is 0 Å². The number of hydrogen-bond acceptors (Lipinski definition) is 3. The summed E-state index contributed by atoms with van der Waals surface area (Å²) in [7, 11) is 1.57. The zero-order valence-corrected chi connectivity index (χ0v) is 14.6. The number of methoxy groups -OCH3 is 1. The van der Waals surface area contributed by atoms with E-state index in [1.54, 1.807) is 43.5 Å². The molecule has 1 amide bonds. The van der Waals surface area contributed by atoms with Crippen molar-refractivity contribution in [2.75, 3.05) is 24.3 Å². The van der Waals surface area contributed by atoms with Crippen molar-refractivity contribution >= 4 is 52.1 Å². The average molecular weight is 374 g/mol. The second kappa shape index (κ2) is 8.29. The third-order valence-electron chi connectivity index (χ3n) is 3.03. The molecular weight excluding hydrogens is 359 g/mol. The molecule has 23 heavy (non-hydrogen) atoms. The average Bonchev–Trinajstić information content (AvgIpc) is 2.50. The van der Waals surface area contributed by atoms with Crippen LogP contribution in [0.5, 0.6) is 5.75 Å². The number of halogens is 3. The molecule has 0 saturated heterocycles. The maximum absolute atomic E-state index is 12.0. The third kappa shape index (κ3) is 5.20. The zero-order valence-electron chi connectivity index (χ0n) is 12.3. The van der Waals surface area contributed by atoms with Crippen LogP contribution in [-0.2, 0) is 4.79 Å².